The van der Waals surface area contributed by atoms with E-state index in [0.29, 0.717) is 69.4 Å². The standard InChI is InChI=1S/C38H53BN6O6S/c1-25(2)16-17-30(36(47)43-31(15-9-10-19-40)38(49)45-20-18-33-28(24-45)23-34(52-33)39(50)51)42-37(48)32(22-27-13-7-4-8-14-27)44-35(46)29(41)21-26-11-5-3-6-12-26/h3-8,11-14,23,25,29-32,50-51H,9-10,15-22,24,40-41H2,1-2H3,(H,42,48)(H,43,47)(H,44,46)/t29-,30-,31-,32-/m1/s1. The van der Waals surface area contributed by atoms with Crippen LogP contribution >= 0.6 is 11.3 Å². The minimum absolute atomic E-state index is 0.184. The van der Waals surface area contributed by atoms with E-state index in [9.17, 15) is 29.2 Å². The van der Waals surface area contributed by atoms with Gasteiger partial charge in [-0.05, 0) is 80.2 Å². The van der Waals surface area contributed by atoms with Crippen molar-refractivity contribution >= 4 is 46.9 Å². The molecule has 0 saturated carbocycles. The topological polar surface area (TPSA) is 200 Å². The lowest BCUT2D eigenvalue weighted by atomic mass is 9.88. The molecule has 4 atom stereocenters. The van der Waals surface area contributed by atoms with Gasteiger partial charge in [0.15, 0.2) is 0 Å². The van der Waals surface area contributed by atoms with Gasteiger partial charge in [0, 0.05) is 29.2 Å². The number of rotatable bonds is 19. The number of nitrogens with one attached hydrogen (secondary N) is 3. The summed E-state index contributed by atoms with van der Waals surface area (Å²) in [4.78, 5) is 58.0. The van der Waals surface area contributed by atoms with Gasteiger partial charge in [-0.1, -0.05) is 74.5 Å². The Balaban J connectivity index is 1.50. The fraction of sp³-hybridized carbons (Fsp3) is 0.474. The van der Waals surface area contributed by atoms with Crippen molar-refractivity contribution < 1.29 is 29.2 Å². The Kier molecular flexibility index (Phi) is 15.8. The number of nitrogens with zero attached hydrogens (tertiary/aromatic N) is 1. The third-order valence-electron chi connectivity index (χ3n) is 9.23. The van der Waals surface area contributed by atoms with Crippen molar-refractivity contribution in [3.63, 3.8) is 0 Å². The molecule has 4 amide bonds. The third kappa shape index (κ3) is 12.3. The molecule has 2 heterocycles. The summed E-state index contributed by atoms with van der Waals surface area (Å²) in [7, 11) is -1.58. The number of carbonyl (C=O) groups excluding carboxylic acids is 4. The van der Waals surface area contributed by atoms with Gasteiger partial charge in [0.25, 0.3) is 0 Å². The SMILES string of the molecule is CC(C)CC[C@@H](NC(=O)[C@@H](Cc1ccccc1)NC(=O)[C@H](N)Cc1ccccc1)C(=O)N[C@H](CCCCN)C(=O)N1CCc2sc(B(O)O)cc2C1. The molecular formula is C38H53BN6O6S. The zero-order valence-electron chi connectivity index (χ0n) is 30.1. The first-order valence-corrected chi connectivity index (χ1v) is 19.0. The first kappa shape index (κ1) is 40.7. The molecule has 0 spiro atoms. The van der Waals surface area contributed by atoms with Gasteiger partial charge in [-0.2, -0.15) is 0 Å². The van der Waals surface area contributed by atoms with Gasteiger partial charge in [0.05, 0.1) is 6.04 Å². The molecule has 1 aliphatic rings. The van der Waals surface area contributed by atoms with Crippen LogP contribution in [0.5, 0.6) is 0 Å². The van der Waals surface area contributed by atoms with Crippen molar-refractivity contribution in [1.29, 1.82) is 0 Å². The van der Waals surface area contributed by atoms with E-state index in [1.54, 1.807) is 11.0 Å². The lowest BCUT2D eigenvalue weighted by Crippen LogP contribution is -2.58. The smallest absolute Gasteiger partial charge is 0.423 e. The van der Waals surface area contributed by atoms with E-state index >= 15 is 0 Å². The van der Waals surface area contributed by atoms with Crippen LogP contribution in [0.2, 0.25) is 0 Å². The average Bonchev–Trinajstić information content (AvgIpc) is 3.57. The lowest BCUT2D eigenvalue weighted by molar-refractivity contribution is -0.138. The maximum atomic E-state index is 14.0. The number of fused-ring (bicyclic) bond motifs is 1. The molecule has 12 nitrogen and oxygen atoms in total. The molecule has 3 aromatic rings. The van der Waals surface area contributed by atoms with E-state index in [1.807, 2.05) is 74.5 Å². The van der Waals surface area contributed by atoms with Crippen molar-refractivity contribution in [3.05, 3.63) is 88.3 Å². The summed E-state index contributed by atoms with van der Waals surface area (Å²) < 4.78 is 0.427. The van der Waals surface area contributed by atoms with E-state index in [1.165, 1.54) is 11.3 Å². The Hall–Kier alpha value is -4.08. The third-order valence-corrected chi connectivity index (χ3v) is 10.5. The highest BCUT2D eigenvalue weighted by Crippen LogP contribution is 2.24. The molecule has 9 N–H and O–H groups in total. The highest BCUT2D eigenvalue weighted by Gasteiger charge is 2.33. The molecule has 0 saturated heterocycles. The van der Waals surface area contributed by atoms with E-state index in [4.69, 9.17) is 11.5 Å². The van der Waals surface area contributed by atoms with Crippen molar-refractivity contribution in [2.45, 2.75) is 95.9 Å². The number of hydrogen-bond acceptors (Lipinski definition) is 9. The minimum Gasteiger partial charge on any atom is -0.423 e. The van der Waals surface area contributed by atoms with Crippen LogP contribution in [0.4, 0.5) is 0 Å². The van der Waals surface area contributed by atoms with Gasteiger partial charge in [0.1, 0.15) is 18.1 Å². The number of benzene rings is 2. The number of thiophene rings is 1. The van der Waals surface area contributed by atoms with Crippen molar-refractivity contribution in [1.82, 2.24) is 20.9 Å². The minimum atomic E-state index is -1.58. The maximum Gasteiger partial charge on any atom is 0.499 e. The van der Waals surface area contributed by atoms with Crippen molar-refractivity contribution in [2.24, 2.45) is 17.4 Å². The number of carbonyl (C=O) groups is 4. The van der Waals surface area contributed by atoms with Crippen LogP contribution < -0.4 is 32.2 Å². The maximum absolute atomic E-state index is 14.0. The van der Waals surface area contributed by atoms with E-state index in [0.717, 1.165) is 21.6 Å². The van der Waals surface area contributed by atoms with Gasteiger partial charge in [-0.25, -0.2) is 0 Å². The Labute approximate surface area is 310 Å². The average molecular weight is 733 g/mol. The molecule has 2 aromatic carbocycles. The summed E-state index contributed by atoms with van der Waals surface area (Å²) in [5, 5.41) is 28.0. The molecule has 52 heavy (non-hydrogen) atoms. The van der Waals surface area contributed by atoms with Gasteiger partial charge < -0.3 is 42.4 Å². The number of amides is 4. The van der Waals surface area contributed by atoms with Gasteiger partial charge in [-0.15, -0.1) is 11.3 Å². The monoisotopic (exact) mass is 732 g/mol. The molecular weight excluding hydrogens is 679 g/mol. The predicted octanol–water partition coefficient (Wildman–Crippen LogP) is 1.14. The lowest BCUT2D eigenvalue weighted by Gasteiger charge is -2.32. The van der Waals surface area contributed by atoms with Crippen LogP contribution in [-0.4, -0.2) is 83.0 Å². The Morgan fingerprint density at radius 2 is 1.40 bits per heavy atom. The largest absolute Gasteiger partial charge is 0.499 e. The van der Waals surface area contributed by atoms with Crippen LogP contribution in [-0.2, 0) is 45.0 Å². The van der Waals surface area contributed by atoms with Gasteiger partial charge >= 0.3 is 7.12 Å². The molecule has 0 radical (unpaired) electrons. The van der Waals surface area contributed by atoms with Crippen LogP contribution in [0, 0.1) is 5.92 Å². The summed E-state index contributed by atoms with van der Waals surface area (Å²) in [6.45, 7) is 5.22. The van der Waals surface area contributed by atoms with Gasteiger partial charge in [-0.3, -0.25) is 19.2 Å². The van der Waals surface area contributed by atoms with E-state index in [-0.39, 0.29) is 18.2 Å². The predicted molar refractivity (Wildman–Crippen MR) is 204 cm³/mol. The van der Waals surface area contributed by atoms with Crippen molar-refractivity contribution in [2.75, 3.05) is 13.1 Å². The van der Waals surface area contributed by atoms with Crippen molar-refractivity contribution in [3.8, 4) is 0 Å². The summed E-state index contributed by atoms with van der Waals surface area (Å²) in [5.41, 5.74) is 14.6. The van der Waals surface area contributed by atoms with E-state index < -0.39 is 49.0 Å². The summed E-state index contributed by atoms with van der Waals surface area (Å²) in [6, 6.07) is 16.7. The molecule has 1 aliphatic heterocycles. The number of hydrogen-bond donors (Lipinski definition) is 7. The number of nitrogens with two attached hydrogens (primary N) is 2. The highest BCUT2D eigenvalue weighted by molar-refractivity contribution is 7.22. The second-order valence-electron chi connectivity index (χ2n) is 13.9. The van der Waals surface area contributed by atoms with Crippen LogP contribution in [0.25, 0.3) is 0 Å². The van der Waals surface area contributed by atoms with Gasteiger partial charge in [0.2, 0.25) is 23.6 Å². The molecule has 1 aromatic heterocycles. The molecule has 0 bridgehead atoms. The first-order valence-electron chi connectivity index (χ1n) is 18.2. The zero-order valence-corrected chi connectivity index (χ0v) is 30.9. The highest BCUT2D eigenvalue weighted by atomic mass is 32.1. The second kappa shape index (κ2) is 20.2. The Morgan fingerprint density at radius 3 is 2.02 bits per heavy atom. The molecule has 0 unspecified atom stereocenters. The second-order valence-corrected chi connectivity index (χ2v) is 15.1. The summed E-state index contributed by atoms with van der Waals surface area (Å²) in [6.07, 6.45) is 3.66. The molecule has 14 heteroatoms. The quantitative estimate of drug-likeness (QED) is 0.0703. The fourth-order valence-electron chi connectivity index (χ4n) is 6.25. The summed E-state index contributed by atoms with van der Waals surface area (Å²) >= 11 is 1.32. The molecule has 0 fully saturated rings. The zero-order chi connectivity index (χ0) is 37.6. The molecule has 0 aliphatic carbocycles. The molecule has 280 valence electrons. The van der Waals surface area contributed by atoms with E-state index in [2.05, 4.69) is 16.0 Å². The van der Waals surface area contributed by atoms with Crippen LogP contribution in [0.3, 0.4) is 0 Å². The van der Waals surface area contributed by atoms with Crippen LogP contribution in [0.15, 0.2) is 66.7 Å². The molecule has 4 rings (SSSR count). The fourth-order valence-corrected chi connectivity index (χ4v) is 7.29. The number of unbranched alkanes of at least 4 members (excludes halogenated alkanes) is 1. The first-order chi connectivity index (χ1) is 24.9. The van der Waals surface area contributed by atoms with Crippen LogP contribution in [0.1, 0.15) is 67.5 Å². The summed E-state index contributed by atoms with van der Waals surface area (Å²) in [5.74, 6) is -1.50. The Bertz CT molecular complexity index is 1610. The Morgan fingerprint density at radius 1 is 0.808 bits per heavy atom. The normalized spacial score (nSPS) is 14.9.